The Bertz CT molecular complexity index is 542. The monoisotopic (exact) mass is 309 g/mol. The molecule has 0 atom stereocenters. The Morgan fingerprint density at radius 2 is 2.09 bits per heavy atom. The van der Waals surface area contributed by atoms with Crippen LogP contribution in [-0.2, 0) is 6.54 Å². The number of phenols is 1. The molecule has 1 N–H and O–H groups in total. The fourth-order valence-corrected chi connectivity index (χ4v) is 2.89. The van der Waals surface area contributed by atoms with Gasteiger partial charge >= 0.3 is 5.69 Å². The van der Waals surface area contributed by atoms with Crippen molar-refractivity contribution < 1.29 is 14.8 Å². The van der Waals surface area contributed by atoms with E-state index in [4.69, 9.17) is 4.74 Å². The van der Waals surface area contributed by atoms with Crippen LogP contribution >= 0.6 is 0 Å². The molecule has 1 aromatic carbocycles. The Hall–Kier alpha value is -1.86. The molecule has 0 unspecified atom stereocenters. The molecule has 1 fully saturated rings. The molecular formula is C15H23N3O4. The second-order valence-corrected chi connectivity index (χ2v) is 5.87. The summed E-state index contributed by atoms with van der Waals surface area (Å²) in [5, 5.41) is 20.8. The highest BCUT2D eigenvalue weighted by atomic mass is 16.6. The van der Waals surface area contributed by atoms with Gasteiger partial charge in [0.1, 0.15) is 0 Å². The van der Waals surface area contributed by atoms with Crippen molar-refractivity contribution in [2.75, 3.05) is 34.3 Å². The van der Waals surface area contributed by atoms with Crippen LogP contribution in [0.1, 0.15) is 18.4 Å². The van der Waals surface area contributed by atoms with E-state index in [9.17, 15) is 15.2 Å². The average molecular weight is 309 g/mol. The van der Waals surface area contributed by atoms with Crippen molar-refractivity contribution in [2.24, 2.45) is 0 Å². The Balaban J connectivity index is 2.15. The summed E-state index contributed by atoms with van der Waals surface area (Å²) in [6.45, 7) is 2.72. The summed E-state index contributed by atoms with van der Waals surface area (Å²) in [7, 11) is 5.54. The van der Waals surface area contributed by atoms with Crippen LogP contribution in [0.15, 0.2) is 12.1 Å². The number of hydrogen-bond donors (Lipinski definition) is 1. The van der Waals surface area contributed by atoms with E-state index in [0.29, 0.717) is 12.6 Å². The molecule has 0 amide bonds. The predicted molar refractivity (Wildman–Crippen MR) is 83.3 cm³/mol. The molecule has 1 saturated heterocycles. The summed E-state index contributed by atoms with van der Waals surface area (Å²) < 4.78 is 5.04. The van der Waals surface area contributed by atoms with Crippen LogP contribution in [0.4, 0.5) is 5.69 Å². The lowest BCUT2D eigenvalue weighted by molar-refractivity contribution is -0.386. The molecule has 0 radical (unpaired) electrons. The van der Waals surface area contributed by atoms with Gasteiger partial charge < -0.3 is 14.7 Å². The van der Waals surface area contributed by atoms with E-state index in [1.165, 1.54) is 13.2 Å². The number of nitro groups is 1. The first-order chi connectivity index (χ1) is 10.4. The minimum absolute atomic E-state index is 0.140. The van der Waals surface area contributed by atoms with Crippen LogP contribution in [0.3, 0.4) is 0 Å². The molecule has 7 nitrogen and oxygen atoms in total. The van der Waals surface area contributed by atoms with Crippen LogP contribution in [0.25, 0.3) is 0 Å². The molecule has 22 heavy (non-hydrogen) atoms. The van der Waals surface area contributed by atoms with E-state index in [2.05, 4.69) is 16.8 Å². The molecule has 1 heterocycles. The van der Waals surface area contributed by atoms with E-state index in [-0.39, 0.29) is 11.4 Å². The largest absolute Gasteiger partial charge is 0.500 e. The fourth-order valence-electron chi connectivity index (χ4n) is 2.89. The standard InChI is InChI=1S/C15H23N3O4/c1-16-6-4-12(5-7-16)17(2)10-11-8-13(18(20)21)15(19)14(9-11)22-3/h8-9,12,19H,4-7,10H2,1-3H3. The van der Waals surface area contributed by atoms with E-state index < -0.39 is 10.7 Å². The third kappa shape index (κ3) is 3.66. The molecule has 2 rings (SSSR count). The fraction of sp³-hybridized carbons (Fsp3) is 0.600. The zero-order valence-corrected chi connectivity index (χ0v) is 13.3. The van der Waals surface area contributed by atoms with Crippen molar-refractivity contribution in [3.63, 3.8) is 0 Å². The maximum atomic E-state index is 11.0. The van der Waals surface area contributed by atoms with Gasteiger partial charge in [0.2, 0.25) is 5.75 Å². The SMILES string of the molecule is COc1cc(CN(C)C2CCN(C)CC2)cc([N+](=O)[O-])c1O. The highest BCUT2D eigenvalue weighted by molar-refractivity contribution is 5.57. The predicted octanol–water partition coefficient (Wildman–Crippen LogP) is 1.83. The van der Waals surface area contributed by atoms with Crippen LogP contribution in [-0.4, -0.2) is 60.2 Å². The van der Waals surface area contributed by atoms with Crippen molar-refractivity contribution in [1.29, 1.82) is 0 Å². The second kappa shape index (κ2) is 6.93. The van der Waals surface area contributed by atoms with Gasteiger partial charge in [-0.3, -0.25) is 15.0 Å². The van der Waals surface area contributed by atoms with Gasteiger partial charge in [-0.2, -0.15) is 0 Å². The summed E-state index contributed by atoms with van der Waals surface area (Å²) in [5.41, 5.74) is 0.453. The van der Waals surface area contributed by atoms with Crippen molar-refractivity contribution in [3.8, 4) is 11.5 Å². The number of methoxy groups -OCH3 is 1. The van der Waals surface area contributed by atoms with Gasteiger partial charge in [-0.05, 0) is 51.7 Å². The average Bonchev–Trinajstić information content (AvgIpc) is 2.49. The van der Waals surface area contributed by atoms with E-state index in [1.807, 2.05) is 7.05 Å². The van der Waals surface area contributed by atoms with Gasteiger partial charge in [-0.25, -0.2) is 0 Å². The Morgan fingerprint density at radius 1 is 1.45 bits per heavy atom. The van der Waals surface area contributed by atoms with Gasteiger partial charge in [0.05, 0.1) is 12.0 Å². The van der Waals surface area contributed by atoms with Crippen molar-refractivity contribution >= 4 is 5.69 Å². The maximum absolute atomic E-state index is 11.0. The van der Waals surface area contributed by atoms with Crippen LogP contribution in [0.2, 0.25) is 0 Å². The highest BCUT2D eigenvalue weighted by Crippen LogP contribution is 2.37. The topological polar surface area (TPSA) is 79.1 Å². The number of nitro benzene ring substituents is 1. The Labute approximate surface area is 130 Å². The molecule has 1 aliphatic rings. The minimum Gasteiger partial charge on any atom is -0.500 e. The quantitative estimate of drug-likeness (QED) is 0.660. The third-order valence-corrected chi connectivity index (χ3v) is 4.27. The number of ether oxygens (including phenoxy) is 1. The molecular weight excluding hydrogens is 286 g/mol. The first kappa shape index (κ1) is 16.5. The van der Waals surface area contributed by atoms with Crippen LogP contribution in [0.5, 0.6) is 11.5 Å². The molecule has 1 aromatic rings. The summed E-state index contributed by atoms with van der Waals surface area (Å²) >= 11 is 0. The Kier molecular flexibility index (Phi) is 5.20. The molecule has 122 valence electrons. The molecule has 0 spiro atoms. The zero-order chi connectivity index (χ0) is 16.3. The number of aromatic hydroxyl groups is 1. The van der Waals surface area contributed by atoms with Gasteiger partial charge in [0.15, 0.2) is 5.75 Å². The van der Waals surface area contributed by atoms with E-state index in [0.717, 1.165) is 31.5 Å². The lowest BCUT2D eigenvalue weighted by atomic mass is 10.0. The number of piperidine rings is 1. The molecule has 1 aliphatic heterocycles. The number of hydrogen-bond acceptors (Lipinski definition) is 6. The zero-order valence-electron chi connectivity index (χ0n) is 13.3. The number of rotatable bonds is 5. The molecule has 0 saturated carbocycles. The minimum atomic E-state index is -0.586. The smallest absolute Gasteiger partial charge is 0.314 e. The van der Waals surface area contributed by atoms with Gasteiger partial charge in [0, 0.05) is 18.7 Å². The van der Waals surface area contributed by atoms with Gasteiger partial charge in [0.25, 0.3) is 0 Å². The lowest BCUT2D eigenvalue weighted by Gasteiger charge is -2.35. The van der Waals surface area contributed by atoms with E-state index in [1.54, 1.807) is 6.07 Å². The summed E-state index contributed by atoms with van der Waals surface area (Å²) in [6, 6.07) is 3.55. The first-order valence-electron chi connectivity index (χ1n) is 7.35. The Morgan fingerprint density at radius 3 is 2.64 bits per heavy atom. The highest BCUT2D eigenvalue weighted by Gasteiger charge is 2.23. The second-order valence-electron chi connectivity index (χ2n) is 5.87. The summed E-state index contributed by atoms with van der Waals surface area (Å²) in [5.74, 6) is -0.279. The summed E-state index contributed by atoms with van der Waals surface area (Å²) in [4.78, 5) is 15.0. The van der Waals surface area contributed by atoms with Crippen LogP contribution in [0, 0.1) is 10.1 Å². The molecule has 0 aromatic heterocycles. The third-order valence-electron chi connectivity index (χ3n) is 4.27. The number of nitrogens with zero attached hydrogens (tertiary/aromatic N) is 3. The van der Waals surface area contributed by atoms with Crippen LogP contribution < -0.4 is 4.74 Å². The molecule has 7 heteroatoms. The number of likely N-dealkylation sites (tertiary alicyclic amines) is 1. The van der Waals surface area contributed by atoms with Crippen molar-refractivity contribution in [1.82, 2.24) is 9.80 Å². The van der Waals surface area contributed by atoms with Crippen molar-refractivity contribution in [3.05, 3.63) is 27.8 Å². The summed E-state index contributed by atoms with van der Waals surface area (Å²) in [6.07, 6.45) is 2.18. The lowest BCUT2D eigenvalue weighted by Crippen LogP contribution is -2.41. The maximum Gasteiger partial charge on any atom is 0.314 e. The normalized spacial score (nSPS) is 16.9. The molecule has 0 bridgehead atoms. The van der Waals surface area contributed by atoms with Crippen molar-refractivity contribution in [2.45, 2.75) is 25.4 Å². The number of phenolic OH excluding ortho intramolecular Hbond substituents is 1. The van der Waals surface area contributed by atoms with E-state index >= 15 is 0 Å². The molecule has 0 aliphatic carbocycles. The number of benzene rings is 1. The van der Waals surface area contributed by atoms with Gasteiger partial charge in [-0.1, -0.05) is 0 Å². The van der Waals surface area contributed by atoms with Gasteiger partial charge in [-0.15, -0.1) is 0 Å². The first-order valence-corrected chi connectivity index (χ1v) is 7.35.